The van der Waals surface area contributed by atoms with E-state index in [0.717, 1.165) is 6.07 Å². The molecular formula is C17H11F6N3. The van der Waals surface area contributed by atoms with Gasteiger partial charge in [-0.25, -0.2) is 4.98 Å². The lowest BCUT2D eigenvalue weighted by Crippen LogP contribution is -2.13. The number of hydrogen-bond acceptors (Lipinski definition) is 3. The Labute approximate surface area is 143 Å². The Hall–Kier alpha value is -2.84. The number of rotatable bonds is 3. The summed E-state index contributed by atoms with van der Waals surface area (Å²) in [7, 11) is 0. The first-order valence-corrected chi connectivity index (χ1v) is 7.38. The lowest BCUT2D eigenvalue weighted by atomic mass is 10.1. The van der Waals surface area contributed by atoms with Crippen LogP contribution in [0.25, 0.3) is 10.9 Å². The first-order chi connectivity index (χ1) is 12.2. The Kier molecular flexibility index (Phi) is 4.47. The topological polar surface area (TPSA) is 37.8 Å². The Morgan fingerprint density at radius 1 is 0.885 bits per heavy atom. The zero-order valence-electron chi connectivity index (χ0n) is 13.0. The van der Waals surface area contributed by atoms with E-state index in [9.17, 15) is 26.3 Å². The SMILES string of the molecule is FC(F)(F)c1cc(NCc2ccccn2)c2cccc(C(F)(F)F)c2n1. The molecule has 0 amide bonds. The van der Waals surface area contributed by atoms with Crippen molar-refractivity contribution in [3.05, 3.63) is 65.6 Å². The van der Waals surface area contributed by atoms with Gasteiger partial charge in [-0.2, -0.15) is 26.3 Å². The maximum Gasteiger partial charge on any atom is 0.433 e. The van der Waals surface area contributed by atoms with Crippen molar-refractivity contribution in [1.29, 1.82) is 0 Å². The summed E-state index contributed by atoms with van der Waals surface area (Å²) in [6.07, 6.45) is -8.20. The van der Waals surface area contributed by atoms with Gasteiger partial charge < -0.3 is 5.32 Å². The molecule has 0 fully saturated rings. The highest BCUT2D eigenvalue weighted by Gasteiger charge is 2.37. The van der Waals surface area contributed by atoms with E-state index in [-0.39, 0.29) is 17.6 Å². The van der Waals surface area contributed by atoms with Crippen LogP contribution < -0.4 is 5.32 Å². The van der Waals surface area contributed by atoms with Crippen molar-refractivity contribution in [3.8, 4) is 0 Å². The molecule has 0 aliphatic heterocycles. The molecule has 0 radical (unpaired) electrons. The van der Waals surface area contributed by atoms with Crippen LogP contribution in [0.5, 0.6) is 0 Å². The Morgan fingerprint density at radius 3 is 2.27 bits per heavy atom. The third-order valence-corrected chi connectivity index (χ3v) is 3.62. The average molecular weight is 371 g/mol. The first kappa shape index (κ1) is 18.0. The van der Waals surface area contributed by atoms with Crippen molar-refractivity contribution in [2.75, 3.05) is 5.32 Å². The average Bonchev–Trinajstić information content (AvgIpc) is 2.58. The van der Waals surface area contributed by atoms with Gasteiger partial charge in [0.25, 0.3) is 0 Å². The summed E-state index contributed by atoms with van der Waals surface area (Å²) >= 11 is 0. The fraction of sp³-hybridized carbons (Fsp3) is 0.176. The molecule has 9 heteroatoms. The molecule has 0 aliphatic carbocycles. The molecule has 0 atom stereocenters. The van der Waals surface area contributed by atoms with E-state index in [1.54, 1.807) is 18.2 Å². The molecule has 3 aromatic rings. The Balaban J connectivity index is 2.14. The number of hydrogen-bond donors (Lipinski definition) is 1. The van der Waals surface area contributed by atoms with Crippen molar-refractivity contribution < 1.29 is 26.3 Å². The minimum absolute atomic E-state index is 0.0491. The quantitative estimate of drug-likeness (QED) is 0.637. The predicted octanol–water partition coefficient (Wildman–Crippen LogP) is 5.28. The number of pyridine rings is 2. The maximum atomic E-state index is 13.2. The van der Waals surface area contributed by atoms with Crippen molar-refractivity contribution in [2.45, 2.75) is 18.9 Å². The van der Waals surface area contributed by atoms with Crippen LogP contribution in [0.1, 0.15) is 17.0 Å². The molecule has 3 nitrogen and oxygen atoms in total. The van der Waals surface area contributed by atoms with Gasteiger partial charge >= 0.3 is 12.4 Å². The van der Waals surface area contributed by atoms with E-state index in [0.29, 0.717) is 17.8 Å². The summed E-state index contributed by atoms with van der Waals surface area (Å²) < 4.78 is 78.8. The van der Waals surface area contributed by atoms with Crippen LogP contribution in [-0.4, -0.2) is 9.97 Å². The maximum absolute atomic E-state index is 13.2. The second-order valence-corrected chi connectivity index (χ2v) is 5.43. The first-order valence-electron chi connectivity index (χ1n) is 7.38. The minimum Gasteiger partial charge on any atom is -0.379 e. The van der Waals surface area contributed by atoms with E-state index in [1.165, 1.54) is 12.3 Å². The van der Waals surface area contributed by atoms with Crippen molar-refractivity contribution in [3.63, 3.8) is 0 Å². The van der Waals surface area contributed by atoms with Gasteiger partial charge in [0.2, 0.25) is 0 Å². The van der Waals surface area contributed by atoms with E-state index in [2.05, 4.69) is 15.3 Å². The summed E-state index contributed by atoms with van der Waals surface area (Å²) in [5, 5.41) is 2.67. The Morgan fingerprint density at radius 2 is 1.65 bits per heavy atom. The zero-order valence-corrected chi connectivity index (χ0v) is 13.0. The van der Waals surface area contributed by atoms with E-state index < -0.39 is 29.1 Å². The molecule has 0 unspecified atom stereocenters. The molecule has 1 N–H and O–H groups in total. The number of halogens is 6. The molecule has 2 aromatic heterocycles. The summed E-state index contributed by atoms with van der Waals surface area (Å²) in [4.78, 5) is 7.25. The number of nitrogens with zero attached hydrogens (tertiary/aromatic N) is 2. The zero-order chi connectivity index (χ0) is 18.9. The molecule has 0 saturated heterocycles. The van der Waals surface area contributed by atoms with Crippen LogP contribution in [-0.2, 0) is 18.9 Å². The number of fused-ring (bicyclic) bond motifs is 1. The van der Waals surface area contributed by atoms with Crippen LogP contribution >= 0.6 is 0 Å². The standard InChI is InChI=1S/C17H11F6N3/c18-16(19,20)12-6-3-5-11-13(25-9-10-4-1-2-7-24-10)8-14(17(21,22)23)26-15(11)12/h1-8H,9H2,(H,25,26). The van der Waals surface area contributed by atoms with Gasteiger partial charge in [0.05, 0.1) is 23.3 Å². The second-order valence-electron chi connectivity index (χ2n) is 5.43. The highest BCUT2D eigenvalue weighted by Crippen LogP contribution is 2.39. The molecule has 2 heterocycles. The molecule has 26 heavy (non-hydrogen) atoms. The number of anilines is 1. The fourth-order valence-corrected chi connectivity index (χ4v) is 2.46. The van der Waals surface area contributed by atoms with Gasteiger partial charge in [-0.1, -0.05) is 18.2 Å². The number of alkyl halides is 6. The van der Waals surface area contributed by atoms with Crippen molar-refractivity contribution >= 4 is 16.6 Å². The smallest absolute Gasteiger partial charge is 0.379 e. The van der Waals surface area contributed by atoms with Gasteiger partial charge in [-0.3, -0.25) is 4.98 Å². The van der Waals surface area contributed by atoms with Crippen molar-refractivity contribution in [1.82, 2.24) is 9.97 Å². The summed E-state index contributed by atoms with van der Waals surface area (Å²) in [5.74, 6) is 0. The lowest BCUT2D eigenvalue weighted by Gasteiger charge is -2.16. The van der Waals surface area contributed by atoms with Gasteiger partial charge in [0.1, 0.15) is 5.69 Å². The van der Waals surface area contributed by atoms with Crippen LogP contribution in [0.3, 0.4) is 0 Å². The molecule has 0 spiro atoms. The molecule has 3 rings (SSSR count). The largest absolute Gasteiger partial charge is 0.433 e. The van der Waals surface area contributed by atoms with Crippen molar-refractivity contribution in [2.24, 2.45) is 0 Å². The third-order valence-electron chi connectivity index (χ3n) is 3.62. The van der Waals surface area contributed by atoms with Gasteiger partial charge in [0, 0.05) is 17.3 Å². The molecule has 136 valence electrons. The lowest BCUT2D eigenvalue weighted by molar-refractivity contribution is -0.142. The summed E-state index contributed by atoms with van der Waals surface area (Å²) in [6.45, 7) is 0.0491. The second kappa shape index (κ2) is 6.47. The molecule has 0 aliphatic rings. The number of para-hydroxylation sites is 1. The minimum atomic E-state index is -4.88. The predicted molar refractivity (Wildman–Crippen MR) is 83.3 cm³/mol. The molecule has 1 aromatic carbocycles. The van der Waals surface area contributed by atoms with Gasteiger partial charge in [-0.15, -0.1) is 0 Å². The highest BCUT2D eigenvalue weighted by molar-refractivity contribution is 5.93. The molecule has 0 bridgehead atoms. The highest BCUT2D eigenvalue weighted by atomic mass is 19.4. The van der Waals surface area contributed by atoms with Crippen LogP contribution in [0, 0.1) is 0 Å². The molecular weight excluding hydrogens is 360 g/mol. The van der Waals surface area contributed by atoms with Crippen LogP contribution in [0.15, 0.2) is 48.7 Å². The normalized spacial score (nSPS) is 12.4. The van der Waals surface area contributed by atoms with Gasteiger partial charge in [-0.05, 0) is 24.3 Å². The van der Waals surface area contributed by atoms with Crippen LogP contribution in [0.4, 0.5) is 32.0 Å². The fourth-order valence-electron chi connectivity index (χ4n) is 2.46. The van der Waals surface area contributed by atoms with E-state index >= 15 is 0 Å². The number of benzene rings is 1. The van der Waals surface area contributed by atoms with E-state index in [4.69, 9.17) is 0 Å². The van der Waals surface area contributed by atoms with Crippen LogP contribution in [0.2, 0.25) is 0 Å². The summed E-state index contributed by atoms with van der Waals surface area (Å²) in [5.41, 5.74) is -2.94. The number of nitrogens with one attached hydrogen (secondary N) is 1. The third kappa shape index (κ3) is 3.71. The van der Waals surface area contributed by atoms with Gasteiger partial charge in [0.15, 0.2) is 0 Å². The Bertz CT molecular complexity index is 919. The van der Waals surface area contributed by atoms with E-state index in [1.807, 2.05) is 0 Å². The number of aromatic nitrogens is 2. The summed E-state index contributed by atoms with van der Waals surface area (Å²) in [6, 6.07) is 8.83. The monoisotopic (exact) mass is 371 g/mol. The molecule has 0 saturated carbocycles.